The summed E-state index contributed by atoms with van der Waals surface area (Å²) in [6, 6.07) is 3.97. The van der Waals surface area contributed by atoms with E-state index in [1.165, 1.54) is 12.1 Å². The molecule has 0 amide bonds. The Morgan fingerprint density at radius 2 is 2.00 bits per heavy atom. The van der Waals surface area contributed by atoms with E-state index in [9.17, 15) is 13.2 Å². The first kappa shape index (κ1) is 17.3. The molecule has 0 unspecified atom stereocenters. The van der Waals surface area contributed by atoms with Gasteiger partial charge in [0.1, 0.15) is 0 Å². The Morgan fingerprint density at radius 3 is 2.57 bits per heavy atom. The molecule has 0 spiro atoms. The minimum absolute atomic E-state index is 0.419. The van der Waals surface area contributed by atoms with Crippen LogP contribution in [0.1, 0.15) is 29.4 Å². The number of nitrogens with one attached hydrogen (secondary N) is 1. The Balaban J connectivity index is 1.97. The van der Waals surface area contributed by atoms with Crippen LogP contribution in [-0.4, -0.2) is 16.4 Å². The third kappa shape index (κ3) is 4.25. The van der Waals surface area contributed by atoms with E-state index in [4.69, 9.17) is 0 Å². The zero-order valence-corrected chi connectivity index (χ0v) is 13.4. The van der Waals surface area contributed by atoms with Crippen LogP contribution in [0.3, 0.4) is 0 Å². The third-order valence-electron chi connectivity index (χ3n) is 3.67. The number of benzene rings is 1. The second kappa shape index (κ2) is 7.50. The van der Waals surface area contributed by atoms with Crippen molar-refractivity contribution >= 4 is 0 Å². The molecule has 0 aliphatic carbocycles. The number of aromatic nitrogens is 2. The maximum absolute atomic E-state index is 13.6. The van der Waals surface area contributed by atoms with E-state index in [2.05, 4.69) is 15.2 Å². The van der Waals surface area contributed by atoms with Crippen LogP contribution in [0, 0.1) is 19.7 Å². The molecular weight excluding hydrogens is 307 g/mol. The minimum Gasteiger partial charge on any atom is -0.432 e. The number of rotatable bonds is 7. The van der Waals surface area contributed by atoms with Crippen molar-refractivity contribution in [2.24, 2.45) is 0 Å². The molecule has 0 bridgehead atoms. The van der Waals surface area contributed by atoms with E-state index in [1.54, 1.807) is 6.07 Å². The van der Waals surface area contributed by atoms with Crippen molar-refractivity contribution in [3.63, 3.8) is 0 Å². The molecule has 4 nitrogen and oxygen atoms in total. The predicted molar refractivity (Wildman–Crippen MR) is 81.0 cm³/mol. The molecule has 0 fully saturated rings. The summed E-state index contributed by atoms with van der Waals surface area (Å²) in [4.78, 5) is 0. The van der Waals surface area contributed by atoms with Crippen LogP contribution in [-0.2, 0) is 19.6 Å². The fourth-order valence-electron chi connectivity index (χ4n) is 2.48. The fourth-order valence-corrected chi connectivity index (χ4v) is 2.48. The molecule has 0 atom stereocenters. The fraction of sp³-hybridized carbons (Fsp3) is 0.438. The Kier molecular flexibility index (Phi) is 5.65. The van der Waals surface area contributed by atoms with Gasteiger partial charge in [-0.15, -0.1) is 0 Å². The SMILES string of the molecule is CCn1nc(C)c(CNCc2ccc(OC(F)F)c(F)c2)c1C. The Bertz CT molecular complexity index is 671. The van der Waals surface area contributed by atoms with Crippen molar-refractivity contribution < 1.29 is 17.9 Å². The third-order valence-corrected chi connectivity index (χ3v) is 3.67. The maximum Gasteiger partial charge on any atom is 0.387 e. The van der Waals surface area contributed by atoms with Crippen molar-refractivity contribution in [1.82, 2.24) is 15.1 Å². The lowest BCUT2D eigenvalue weighted by Crippen LogP contribution is -2.14. The second-order valence-electron chi connectivity index (χ2n) is 5.21. The Hall–Kier alpha value is -2.02. The number of halogens is 3. The monoisotopic (exact) mass is 327 g/mol. The van der Waals surface area contributed by atoms with Gasteiger partial charge in [0.25, 0.3) is 0 Å². The van der Waals surface area contributed by atoms with Crippen LogP contribution in [0.5, 0.6) is 5.75 Å². The zero-order chi connectivity index (χ0) is 17.0. The van der Waals surface area contributed by atoms with Crippen LogP contribution in [0.4, 0.5) is 13.2 Å². The lowest BCUT2D eigenvalue weighted by Gasteiger charge is -2.09. The highest BCUT2D eigenvalue weighted by Crippen LogP contribution is 2.20. The number of alkyl halides is 2. The van der Waals surface area contributed by atoms with Crippen LogP contribution in [0.15, 0.2) is 18.2 Å². The molecule has 0 aliphatic heterocycles. The Labute approximate surface area is 133 Å². The molecule has 23 heavy (non-hydrogen) atoms. The molecule has 2 aromatic rings. The molecule has 1 aromatic heterocycles. The van der Waals surface area contributed by atoms with Gasteiger partial charge in [0.05, 0.1) is 5.69 Å². The molecule has 0 aliphatic rings. The quantitative estimate of drug-likeness (QED) is 0.845. The summed E-state index contributed by atoms with van der Waals surface area (Å²) in [5.74, 6) is -1.24. The number of nitrogens with zero attached hydrogens (tertiary/aromatic N) is 2. The average molecular weight is 327 g/mol. The summed E-state index contributed by atoms with van der Waals surface area (Å²) in [7, 11) is 0. The van der Waals surface area contributed by atoms with E-state index in [-0.39, 0.29) is 0 Å². The van der Waals surface area contributed by atoms with Gasteiger partial charge in [-0.2, -0.15) is 13.9 Å². The smallest absolute Gasteiger partial charge is 0.387 e. The molecular formula is C16H20F3N3O. The van der Waals surface area contributed by atoms with Gasteiger partial charge in [-0.25, -0.2) is 4.39 Å². The van der Waals surface area contributed by atoms with Gasteiger partial charge in [0.15, 0.2) is 11.6 Å². The highest BCUT2D eigenvalue weighted by Gasteiger charge is 2.12. The van der Waals surface area contributed by atoms with E-state index < -0.39 is 18.2 Å². The first-order valence-electron chi connectivity index (χ1n) is 7.39. The van der Waals surface area contributed by atoms with Crippen molar-refractivity contribution in [2.75, 3.05) is 0 Å². The van der Waals surface area contributed by atoms with Gasteiger partial charge >= 0.3 is 6.61 Å². The van der Waals surface area contributed by atoms with Crippen LogP contribution < -0.4 is 10.1 Å². The van der Waals surface area contributed by atoms with Gasteiger partial charge in [0, 0.05) is 30.9 Å². The highest BCUT2D eigenvalue weighted by molar-refractivity contribution is 5.29. The minimum atomic E-state index is -3.03. The molecule has 1 N–H and O–H groups in total. The van der Waals surface area contributed by atoms with Crippen molar-refractivity contribution in [2.45, 2.75) is 47.0 Å². The van der Waals surface area contributed by atoms with E-state index >= 15 is 0 Å². The van der Waals surface area contributed by atoms with E-state index in [1.807, 2.05) is 25.5 Å². The molecule has 1 aromatic carbocycles. The van der Waals surface area contributed by atoms with Crippen molar-refractivity contribution in [3.8, 4) is 5.75 Å². The van der Waals surface area contributed by atoms with Gasteiger partial charge < -0.3 is 10.1 Å². The number of hydrogen-bond donors (Lipinski definition) is 1. The molecule has 1 heterocycles. The summed E-state index contributed by atoms with van der Waals surface area (Å²) < 4.78 is 43.8. The lowest BCUT2D eigenvalue weighted by molar-refractivity contribution is -0.0522. The normalized spacial score (nSPS) is 11.3. The number of hydrogen-bond acceptors (Lipinski definition) is 3. The standard InChI is InChI=1S/C16H20F3N3O/c1-4-22-11(3)13(10(2)21-22)9-20-8-12-5-6-15(14(17)7-12)23-16(18)19/h5-7,16,20H,4,8-9H2,1-3H3. The predicted octanol–water partition coefficient (Wildman–Crippen LogP) is 3.55. The molecule has 7 heteroatoms. The molecule has 126 valence electrons. The van der Waals surface area contributed by atoms with Gasteiger partial charge in [0.2, 0.25) is 0 Å². The largest absolute Gasteiger partial charge is 0.432 e. The number of aryl methyl sites for hydroxylation is 2. The topological polar surface area (TPSA) is 39.1 Å². The maximum atomic E-state index is 13.6. The first-order chi connectivity index (χ1) is 10.9. The molecule has 0 saturated heterocycles. The summed E-state index contributed by atoms with van der Waals surface area (Å²) in [5, 5.41) is 7.65. The lowest BCUT2D eigenvalue weighted by atomic mass is 10.1. The van der Waals surface area contributed by atoms with Crippen molar-refractivity contribution in [1.29, 1.82) is 0 Å². The van der Waals surface area contributed by atoms with Crippen LogP contribution in [0.2, 0.25) is 0 Å². The molecule has 0 saturated carbocycles. The van der Waals surface area contributed by atoms with Gasteiger partial charge in [-0.1, -0.05) is 6.07 Å². The van der Waals surface area contributed by atoms with Crippen LogP contribution in [0.25, 0.3) is 0 Å². The summed E-state index contributed by atoms with van der Waals surface area (Å²) in [5.41, 5.74) is 3.83. The van der Waals surface area contributed by atoms with Gasteiger partial charge in [-0.3, -0.25) is 4.68 Å². The summed E-state index contributed by atoms with van der Waals surface area (Å²) in [6.07, 6.45) is 0. The van der Waals surface area contributed by atoms with E-state index in [0.29, 0.717) is 18.7 Å². The van der Waals surface area contributed by atoms with Crippen molar-refractivity contribution in [3.05, 3.63) is 46.5 Å². The summed E-state index contributed by atoms with van der Waals surface area (Å²) >= 11 is 0. The zero-order valence-electron chi connectivity index (χ0n) is 13.4. The molecule has 0 radical (unpaired) electrons. The summed E-state index contributed by atoms with van der Waals surface area (Å²) in [6.45, 7) is 4.79. The first-order valence-corrected chi connectivity index (χ1v) is 7.39. The van der Waals surface area contributed by atoms with E-state index in [0.717, 1.165) is 23.5 Å². The van der Waals surface area contributed by atoms with Crippen LogP contribution >= 0.6 is 0 Å². The highest BCUT2D eigenvalue weighted by atomic mass is 19.3. The van der Waals surface area contributed by atoms with Gasteiger partial charge in [-0.05, 0) is 38.5 Å². The second-order valence-corrected chi connectivity index (χ2v) is 5.21. The Morgan fingerprint density at radius 1 is 1.26 bits per heavy atom. The number of ether oxygens (including phenoxy) is 1. The molecule has 2 rings (SSSR count). The average Bonchev–Trinajstić information content (AvgIpc) is 2.76.